The summed E-state index contributed by atoms with van der Waals surface area (Å²) >= 11 is 0. The molecule has 1 aliphatic rings. The van der Waals surface area contributed by atoms with Gasteiger partial charge in [-0.25, -0.2) is 15.0 Å². The minimum absolute atomic E-state index is 0.0130. The van der Waals surface area contributed by atoms with Gasteiger partial charge in [0.25, 0.3) is 5.91 Å². The number of aryl methyl sites for hydroxylation is 2. The summed E-state index contributed by atoms with van der Waals surface area (Å²) < 4.78 is 3.45. The van der Waals surface area contributed by atoms with Crippen molar-refractivity contribution >= 4 is 28.4 Å². The quantitative estimate of drug-likeness (QED) is 0.449. The summed E-state index contributed by atoms with van der Waals surface area (Å²) in [6, 6.07) is 2.22. The molecule has 4 aromatic heterocycles. The van der Waals surface area contributed by atoms with Crippen LogP contribution in [0.1, 0.15) is 54.5 Å². The highest BCUT2D eigenvalue weighted by Crippen LogP contribution is 2.44. The van der Waals surface area contributed by atoms with Gasteiger partial charge in [-0.3, -0.25) is 14.5 Å². The highest BCUT2D eigenvalue weighted by molar-refractivity contribution is 5.98. The minimum atomic E-state index is -0.833. The van der Waals surface area contributed by atoms with Gasteiger partial charge in [-0.2, -0.15) is 10.4 Å². The van der Waals surface area contributed by atoms with E-state index in [0.29, 0.717) is 22.6 Å². The summed E-state index contributed by atoms with van der Waals surface area (Å²) in [5.74, 6) is -0.218. The second-order valence-corrected chi connectivity index (χ2v) is 9.07. The first-order valence-electron chi connectivity index (χ1n) is 10.9. The summed E-state index contributed by atoms with van der Waals surface area (Å²) in [6.45, 7) is 5.35. The molecule has 11 nitrogen and oxygen atoms in total. The number of carbonyl (C=O) groups is 1. The van der Waals surface area contributed by atoms with E-state index in [1.54, 1.807) is 43.4 Å². The number of nitrogens with two attached hydrogens (primary N) is 1. The predicted molar refractivity (Wildman–Crippen MR) is 125 cm³/mol. The second kappa shape index (κ2) is 7.62. The Balaban J connectivity index is 1.65. The summed E-state index contributed by atoms with van der Waals surface area (Å²) in [4.78, 5) is 30.8. The molecular formula is C23H24N10O. The number of hydrogen-bond acceptors (Lipinski definition) is 8. The SMILES string of the molecule is Cc1nn(C(C)(C)C#N)cc1Nc1nc(C2CC2)c(-c2cncc3c2ncn3C)nc1C(N)=O. The van der Waals surface area contributed by atoms with Crippen molar-refractivity contribution in [2.24, 2.45) is 12.8 Å². The Bertz CT molecular complexity index is 1490. The maximum atomic E-state index is 12.4. The van der Waals surface area contributed by atoms with Gasteiger partial charge in [0.1, 0.15) is 11.1 Å². The number of nitrogens with zero attached hydrogens (tertiary/aromatic N) is 8. The number of nitrogens with one attached hydrogen (secondary N) is 1. The Labute approximate surface area is 195 Å². The molecule has 1 aliphatic carbocycles. The molecule has 0 aliphatic heterocycles. The van der Waals surface area contributed by atoms with Crippen LogP contribution in [0, 0.1) is 18.3 Å². The molecule has 4 aromatic rings. The fourth-order valence-electron chi connectivity index (χ4n) is 3.81. The molecule has 34 heavy (non-hydrogen) atoms. The molecule has 172 valence electrons. The number of aromatic nitrogens is 7. The van der Waals surface area contributed by atoms with Crippen LogP contribution in [-0.2, 0) is 12.6 Å². The molecule has 1 amide bonds. The molecular weight excluding hydrogens is 432 g/mol. The van der Waals surface area contributed by atoms with Crippen molar-refractivity contribution in [3.63, 3.8) is 0 Å². The van der Waals surface area contributed by atoms with E-state index in [4.69, 9.17) is 15.7 Å². The molecule has 11 heteroatoms. The molecule has 0 aromatic carbocycles. The van der Waals surface area contributed by atoms with Gasteiger partial charge in [0, 0.05) is 24.7 Å². The zero-order chi connectivity index (χ0) is 24.2. The van der Waals surface area contributed by atoms with Crippen molar-refractivity contribution in [1.29, 1.82) is 5.26 Å². The third kappa shape index (κ3) is 3.53. The molecule has 0 bridgehead atoms. The number of imidazole rings is 1. The summed E-state index contributed by atoms with van der Waals surface area (Å²) in [6.07, 6.45) is 8.83. The fourth-order valence-corrected chi connectivity index (χ4v) is 3.81. The lowest BCUT2D eigenvalue weighted by molar-refractivity contribution is 0.0996. The number of anilines is 2. The van der Waals surface area contributed by atoms with Crippen LogP contribution in [-0.4, -0.2) is 40.2 Å². The molecule has 0 atom stereocenters. The van der Waals surface area contributed by atoms with E-state index in [1.807, 2.05) is 18.5 Å². The Morgan fingerprint density at radius 3 is 2.74 bits per heavy atom. The number of pyridine rings is 1. The lowest BCUT2D eigenvalue weighted by Gasteiger charge is -2.15. The van der Waals surface area contributed by atoms with Crippen molar-refractivity contribution in [2.75, 3.05) is 5.32 Å². The van der Waals surface area contributed by atoms with Crippen LogP contribution in [0.25, 0.3) is 22.3 Å². The number of amides is 1. The zero-order valence-corrected chi connectivity index (χ0v) is 19.4. The third-order valence-electron chi connectivity index (χ3n) is 6.01. The summed E-state index contributed by atoms with van der Waals surface area (Å²) in [5, 5.41) is 17.1. The van der Waals surface area contributed by atoms with E-state index in [-0.39, 0.29) is 17.4 Å². The van der Waals surface area contributed by atoms with Gasteiger partial charge in [-0.15, -0.1) is 0 Å². The van der Waals surface area contributed by atoms with Crippen LogP contribution < -0.4 is 11.1 Å². The average Bonchev–Trinajstić information content (AvgIpc) is 3.50. The van der Waals surface area contributed by atoms with Gasteiger partial charge in [0.15, 0.2) is 11.5 Å². The van der Waals surface area contributed by atoms with Gasteiger partial charge in [-0.05, 0) is 33.6 Å². The van der Waals surface area contributed by atoms with Crippen LogP contribution >= 0.6 is 0 Å². The van der Waals surface area contributed by atoms with Crippen molar-refractivity contribution in [3.05, 3.63) is 42.0 Å². The molecule has 0 saturated heterocycles. The highest BCUT2D eigenvalue weighted by atomic mass is 16.1. The molecule has 3 N–H and O–H groups in total. The predicted octanol–water partition coefficient (Wildman–Crippen LogP) is 2.91. The maximum Gasteiger partial charge on any atom is 0.271 e. The van der Waals surface area contributed by atoms with Gasteiger partial charge in [0.05, 0.1) is 53.1 Å². The van der Waals surface area contributed by atoms with Crippen molar-refractivity contribution in [3.8, 4) is 17.3 Å². The van der Waals surface area contributed by atoms with Crippen LogP contribution in [0.4, 0.5) is 11.5 Å². The van der Waals surface area contributed by atoms with E-state index in [0.717, 1.165) is 29.6 Å². The first-order chi connectivity index (χ1) is 16.2. The third-order valence-corrected chi connectivity index (χ3v) is 6.01. The van der Waals surface area contributed by atoms with Crippen molar-refractivity contribution < 1.29 is 4.79 Å². The smallest absolute Gasteiger partial charge is 0.271 e. The molecule has 5 rings (SSSR count). The summed E-state index contributed by atoms with van der Waals surface area (Å²) in [5.41, 5.74) is 9.81. The van der Waals surface area contributed by atoms with Crippen LogP contribution in [0.3, 0.4) is 0 Å². The van der Waals surface area contributed by atoms with Crippen LogP contribution in [0.5, 0.6) is 0 Å². The maximum absolute atomic E-state index is 12.4. The standard InChI is InChI=1S/C23H24N10O/c1-12-15(9-33(31-12)23(2,3)10-24)28-22-20(21(25)34)29-19(17(30-22)13-5-6-13)14-7-26-8-16-18(14)27-11-32(16)4/h7-9,11,13H,5-6H2,1-4H3,(H2,25,34)(H,28,30). The van der Waals surface area contributed by atoms with Gasteiger partial charge < -0.3 is 15.6 Å². The monoisotopic (exact) mass is 456 g/mol. The normalized spacial score (nSPS) is 13.7. The van der Waals surface area contributed by atoms with E-state index in [1.165, 1.54) is 0 Å². The molecule has 4 heterocycles. The molecule has 1 saturated carbocycles. The van der Waals surface area contributed by atoms with E-state index >= 15 is 0 Å². The van der Waals surface area contributed by atoms with E-state index < -0.39 is 11.4 Å². The molecule has 0 radical (unpaired) electrons. The number of rotatable bonds is 6. The van der Waals surface area contributed by atoms with Gasteiger partial charge in [0.2, 0.25) is 0 Å². The van der Waals surface area contributed by atoms with Crippen molar-refractivity contribution in [1.82, 2.24) is 34.3 Å². The molecule has 0 spiro atoms. The largest absolute Gasteiger partial charge is 0.364 e. The minimum Gasteiger partial charge on any atom is -0.364 e. The Kier molecular flexibility index (Phi) is 4.82. The number of fused-ring (bicyclic) bond motifs is 1. The lowest BCUT2D eigenvalue weighted by atomic mass is 10.1. The first kappa shape index (κ1) is 21.5. The number of hydrogen-bond donors (Lipinski definition) is 2. The van der Waals surface area contributed by atoms with E-state index in [9.17, 15) is 10.1 Å². The Morgan fingerprint density at radius 1 is 1.29 bits per heavy atom. The van der Waals surface area contributed by atoms with Gasteiger partial charge in [-0.1, -0.05) is 0 Å². The average molecular weight is 457 g/mol. The number of carbonyl (C=O) groups excluding carboxylic acids is 1. The first-order valence-corrected chi connectivity index (χ1v) is 10.9. The molecule has 1 fully saturated rings. The van der Waals surface area contributed by atoms with E-state index in [2.05, 4.69) is 26.5 Å². The molecule has 0 unspecified atom stereocenters. The van der Waals surface area contributed by atoms with Gasteiger partial charge >= 0.3 is 0 Å². The Hall–Kier alpha value is -4.33. The topological polar surface area (TPSA) is 153 Å². The fraction of sp³-hybridized carbons (Fsp3) is 0.348. The summed E-state index contributed by atoms with van der Waals surface area (Å²) in [7, 11) is 1.90. The highest BCUT2D eigenvalue weighted by Gasteiger charge is 2.32. The van der Waals surface area contributed by atoms with Crippen LogP contribution in [0.15, 0.2) is 24.9 Å². The second-order valence-electron chi connectivity index (χ2n) is 9.07. The van der Waals surface area contributed by atoms with Crippen LogP contribution in [0.2, 0.25) is 0 Å². The number of primary amides is 1. The lowest BCUT2D eigenvalue weighted by Crippen LogP contribution is -2.24. The zero-order valence-electron chi connectivity index (χ0n) is 19.4. The Morgan fingerprint density at radius 2 is 2.06 bits per heavy atom. The number of nitriles is 1. The van der Waals surface area contributed by atoms with Crippen molar-refractivity contribution in [2.45, 2.75) is 45.1 Å².